The van der Waals surface area contributed by atoms with Crippen LogP contribution in [0.4, 0.5) is 4.79 Å². The van der Waals surface area contributed by atoms with Gasteiger partial charge in [-0.15, -0.1) is 0 Å². The summed E-state index contributed by atoms with van der Waals surface area (Å²) in [7, 11) is 0. The van der Waals surface area contributed by atoms with Crippen LogP contribution in [0.3, 0.4) is 0 Å². The van der Waals surface area contributed by atoms with Crippen LogP contribution in [0.2, 0.25) is 0 Å². The number of imidazole rings is 1. The van der Waals surface area contributed by atoms with E-state index in [1.165, 1.54) is 0 Å². The fourth-order valence-corrected chi connectivity index (χ4v) is 2.60. The molecule has 7 heteroatoms. The van der Waals surface area contributed by atoms with Crippen molar-refractivity contribution in [2.45, 2.75) is 6.92 Å². The van der Waals surface area contributed by atoms with Gasteiger partial charge in [-0.05, 0) is 19.1 Å². The van der Waals surface area contributed by atoms with Crippen molar-refractivity contribution in [3.8, 4) is 11.4 Å². The number of benzene rings is 1. The van der Waals surface area contributed by atoms with Gasteiger partial charge in [0.05, 0.1) is 5.69 Å². The molecule has 1 amide bonds. The van der Waals surface area contributed by atoms with Crippen LogP contribution in [-0.2, 0) is 4.74 Å². The molecule has 1 N–H and O–H groups in total. The lowest BCUT2D eigenvalue weighted by atomic mass is 10.3. The highest BCUT2D eigenvalue weighted by molar-refractivity contribution is 5.67. The van der Waals surface area contributed by atoms with Crippen molar-refractivity contribution in [1.29, 1.82) is 0 Å². The summed E-state index contributed by atoms with van der Waals surface area (Å²) in [4.78, 5) is 17.8. The van der Waals surface area contributed by atoms with Crippen molar-refractivity contribution in [3.05, 3.63) is 42.5 Å². The zero-order valence-electron chi connectivity index (χ0n) is 13.8. The molecule has 1 aliphatic rings. The lowest BCUT2D eigenvalue weighted by Crippen LogP contribution is -2.46. The predicted octanol–water partition coefficient (Wildman–Crippen LogP) is 1.60. The average molecular weight is 330 g/mol. The maximum absolute atomic E-state index is 11.9. The van der Waals surface area contributed by atoms with Crippen molar-refractivity contribution in [3.63, 3.8) is 0 Å². The first-order valence-corrected chi connectivity index (χ1v) is 8.09. The molecule has 0 aliphatic carbocycles. The standard InChI is InChI=1S/C17H22N4O3/c1-14-19-7-10-21(14)15-3-2-4-16(13-15)23-11-12-24-17(22)20-8-5-18-6-9-20/h2-4,7,10,13,18H,5-6,8-9,11-12H2,1H3. The average Bonchev–Trinajstić information content (AvgIpc) is 3.05. The van der Waals surface area contributed by atoms with Gasteiger partial charge in [0, 0.05) is 44.6 Å². The molecule has 0 unspecified atom stereocenters. The highest BCUT2D eigenvalue weighted by atomic mass is 16.6. The summed E-state index contributed by atoms with van der Waals surface area (Å²) in [5.41, 5.74) is 0.986. The van der Waals surface area contributed by atoms with E-state index in [1.54, 1.807) is 11.1 Å². The van der Waals surface area contributed by atoms with E-state index in [9.17, 15) is 4.79 Å². The first-order valence-electron chi connectivity index (χ1n) is 8.09. The Bertz CT molecular complexity index is 680. The van der Waals surface area contributed by atoms with Crippen molar-refractivity contribution < 1.29 is 14.3 Å². The molecular formula is C17H22N4O3. The van der Waals surface area contributed by atoms with E-state index < -0.39 is 0 Å². The summed E-state index contributed by atoms with van der Waals surface area (Å²) in [5.74, 6) is 1.65. The van der Waals surface area contributed by atoms with E-state index in [-0.39, 0.29) is 12.7 Å². The maximum Gasteiger partial charge on any atom is 0.409 e. The summed E-state index contributed by atoms with van der Waals surface area (Å²) in [6.07, 6.45) is 3.39. The molecule has 0 radical (unpaired) electrons. The minimum atomic E-state index is -0.275. The van der Waals surface area contributed by atoms with Gasteiger partial charge in [-0.3, -0.25) is 0 Å². The Morgan fingerprint density at radius 1 is 1.29 bits per heavy atom. The van der Waals surface area contributed by atoms with Gasteiger partial charge in [0.25, 0.3) is 0 Å². The third-order valence-corrected chi connectivity index (χ3v) is 3.87. The van der Waals surface area contributed by atoms with Crippen LogP contribution in [0.25, 0.3) is 5.69 Å². The number of piperazine rings is 1. The summed E-state index contributed by atoms with van der Waals surface area (Å²) in [5, 5.41) is 3.20. The molecule has 0 atom stereocenters. The first kappa shape index (κ1) is 16.3. The van der Waals surface area contributed by atoms with Crippen LogP contribution in [0.1, 0.15) is 5.82 Å². The molecule has 0 spiro atoms. The highest BCUT2D eigenvalue weighted by Gasteiger charge is 2.16. The van der Waals surface area contributed by atoms with E-state index >= 15 is 0 Å². The maximum atomic E-state index is 11.9. The summed E-state index contributed by atoms with van der Waals surface area (Å²) in [6, 6.07) is 7.74. The SMILES string of the molecule is Cc1nccn1-c1cccc(OCCOC(=O)N2CCNCC2)c1. The summed E-state index contributed by atoms with van der Waals surface area (Å²) >= 11 is 0. The quantitative estimate of drug-likeness (QED) is 0.844. The van der Waals surface area contributed by atoms with Crippen molar-refractivity contribution >= 4 is 6.09 Å². The van der Waals surface area contributed by atoms with Gasteiger partial charge < -0.3 is 24.3 Å². The molecule has 24 heavy (non-hydrogen) atoms. The van der Waals surface area contributed by atoms with Gasteiger partial charge in [0.15, 0.2) is 0 Å². The smallest absolute Gasteiger partial charge is 0.409 e. The number of aryl methyl sites for hydroxylation is 1. The van der Waals surface area contributed by atoms with Crippen LogP contribution in [-0.4, -0.2) is 59.9 Å². The summed E-state index contributed by atoms with van der Waals surface area (Å²) < 4.78 is 12.9. The number of carbonyl (C=O) groups excluding carboxylic acids is 1. The number of amides is 1. The molecule has 1 saturated heterocycles. The lowest BCUT2D eigenvalue weighted by Gasteiger charge is -2.26. The number of aromatic nitrogens is 2. The van der Waals surface area contributed by atoms with Gasteiger partial charge >= 0.3 is 6.09 Å². The number of nitrogens with zero attached hydrogens (tertiary/aromatic N) is 3. The minimum Gasteiger partial charge on any atom is -0.490 e. The normalized spacial score (nSPS) is 14.5. The number of rotatable bonds is 5. The molecule has 2 aromatic rings. The Balaban J connectivity index is 1.47. The predicted molar refractivity (Wildman–Crippen MR) is 89.6 cm³/mol. The zero-order valence-corrected chi connectivity index (χ0v) is 13.8. The second-order valence-electron chi connectivity index (χ2n) is 5.54. The first-order chi connectivity index (χ1) is 11.7. The Labute approximate surface area is 141 Å². The molecule has 128 valence electrons. The van der Waals surface area contributed by atoms with Gasteiger partial charge in [-0.25, -0.2) is 9.78 Å². The second-order valence-corrected chi connectivity index (χ2v) is 5.54. The Morgan fingerprint density at radius 2 is 2.12 bits per heavy atom. The minimum absolute atomic E-state index is 0.233. The zero-order chi connectivity index (χ0) is 16.8. The molecule has 1 aliphatic heterocycles. The van der Waals surface area contributed by atoms with E-state index in [2.05, 4.69) is 10.3 Å². The van der Waals surface area contributed by atoms with E-state index in [4.69, 9.17) is 9.47 Å². The van der Waals surface area contributed by atoms with E-state index in [1.807, 2.05) is 42.0 Å². The number of hydrogen-bond donors (Lipinski definition) is 1. The molecular weight excluding hydrogens is 308 g/mol. The second kappa shape index (κ2) is 7.83. The largest absolute Gasteiger partial charge is 0.490 e. The van der Waals surface area contributed by atoms with Gasteiger partial charge in [-0.2, -0.15) is 0 Å². The summed E-state index contributed by atoms with van der Waals surface area (Å²) in [6.45, 7) is 5.50. The number of nitrogens with one attached hydrogen (secondary N) is 1. The molecule has 7 nitrogen and oxygen atoms in total. The monoisotopic (exact) mass is 330 g/mol. The molecule has 1 aromatic heterocycles. The topological polar surface area (TPSA) is 68.6 Å². The Kier molecular flexibility index (Phi) is 5.32. The molecule has 0 saturated carbocycles. The fourth-order valence-electron chi connectivity index (χ4n) is 2.60. The molecule has 3 rings (SSSR count). The van der Waals surface area contributed by atoms with Crippen molar-refractivity contribution in [2.75, 3.05) is 39.4 Å². The van der Waals surface area contributed by atoms with Gasteiger partial charge in [-0.1, -0.05) is 6.07 Å². The van der Waals surface area contributed by atoms with Crippen LogP contribution in [0.5, 0.6) is 5.75 Å². The third kappa shape index (κ3) is 4.05. The van der Waals surface area contributed by atoms with E-state index in [0.29, 0.717) is 19.7 Å². The van der Waals surface area contributed by atoms with Crippen molar-refractivity contribution in [2.24, 2.45) is 0 Å². The Morgan fingerprint density at radius 3 is 2.88 bits per heavy atom. The molecule has 0 bridgehead atoms. The van der Waals surface area contributed by atoms with Crippen molar-refractivity contribution in [1.82, 2.24) is 19.8 Å². The molecule has 1 aromatic carbocycles. The number of hydrogen-bond acceptors (Lipinski definition) is 5. The van der Waals surface area contributed by atoms with Crippen LogP contribution in [0.15, 0.2) is 36.7 Å². The Hall–Kier alpha value is -2.54. The van der Waals surface area contributed by atoms with Crippen LogP contribution >= 0.6 is 0 Å². The highest BCUT2D eigenvalue weighted by Crippen LogP contribution is 2.17. The van der Waals surface area contributed by atoms with E-state index in [0.717, 1.165) is 30.4 Å². The molecule has 2 heterocycles. The van der Waals surface area contributed by atoms with Crippen LogP contribution < -0.4 is 10.1 Å². The lowest BCUT2D eigenvalue weighted by molar-refractivity contribution is 0.0844. The third-order valence-electron chi connectivity index (χ3n) is 3.87. The fraction of sp³-hybridized carbons (Fsp3) is 0.412. The number of carbonyl (C=O) groups is 1. The number of ether oxygens (including phenoxy) is 2. The molecule has 1 fully saturated rings. The van der Waals surface area contributed by atoms with Gasteiger partial charge in [0.2, 0.25) is 0 Å². The van der Waals surface area contributed by atoms with Crippen LogP contribution in [0, 0.1) is 6.92 Å². The van der Waals surface area contributed by atoms with Gasteiger partial charge in [0.1, 0.15) is 24.8 Å².